The molecule has 1 aromatic carbocycles. The van der Waals surface area contributed by atoms with E-state index in [0.29, 0.717) is 29.4 Å². The summed E-state index contributed by atoms with van der Waals surface area (Å²) in [5.41, 5.74) is 0.447. The first kappa shape index (κ1) is 28.2. The third-order valence-electron chi connectivity index (χ3n) is 7.06. The van der Waals surface area contributed by atoms with E-state index in [4.69, 9.17) is 16.3 Å². The predicted molar refractivity (Wildman–Crippen MR) is 148 cm³/mol. The quantitative estimate of drug-likeness (QED) is 0.324. The maximum absolute atomic E-state index is 15.0. The molecule has 0 radical (unpaired) electrons. The third-order valence-corrected chi connectivity index (χ3v) is 7.43. The molecule has 208 valence electrons. The minimum absolute atomic E-state index is 0.0170. The smallest absolute Gasteiger partial charge is 0.330 e. The Morgan fingerprint density at radius 1 is 1.24 bits per heavy atom. The van der Waals surface area contributed by atoms with Crippen molar-refractivity contribution < 1.29 is 19.0 Å². The molecule has 0 spiro atoms. The number of benzene rings is 1. The molecule has 1 fully saturated rings. The van der Waals surface area contributed by atoms with Gasteiger partial charge < -0.3 is 15.2 Å². The van der Waals surface area contributed by atoms with Gasteiger partial charge in [0.05, 0.1) is 13.7 Å². The Morgan fingerprint density at radius 2 is 1.95 bits per heavy atom. The van der Waals surface area contributed by atoms with Crippen molar-refractivity contribution in [3.63, 3.8) is 0 Å². The number of nitrogens with one attached hydrogen (secondary N) is 1. The van der Waals surface area contributed by atoms with Gasteiger partial charge in [-0.25, -0.2) is 14.2 Å². The number of aromatic hydroxyl groups is 1. The number of phenols is 1. The summed E-state index contributed by atoms with van der Waals surface area (Å²) in [6.07, 6.45) is 6.52. The topological polar surface area (TPSA) is 94.1 Å². The van der Waals surface area contributed by atoms with Crippen LogP contribution in [0.15, 0.2) is 12.3 Å². The van der Waals surface area contributed by atoms with Gasteiger partial charge in [0.2, 0.25) is 5.95 Å². The van der Waals surface area contributed by atoms with E-state index < -0.39 is 17.6 Å². The van der Waals surface area contributed by atoms with E-state index in [1.54, 1.807) is 11.1 Å². The van der Waals surface area contributed by atoms with E-state index in [9.17, 15) is 9.90 Å². The van der Waals surface area contributed by atoms with E-state index in [0.717, 1.165) is 51.3 Å². The number of anilines is 3. The third kappa shape index (κ3) is 5.91. The number of phenolic OH excluding ortho intramolecular Hbond substituents is 1. The number of fused-ring (bicyclic) bond motifs is 1. The molecule has 38 heavy (non-hydrogen) atoms. The van der Waals surface area contributed by atoms with Gasteiger partial charge in [0.1, 0.15) is 22.3 Å². The number of ether oxygens (including phenoxy) is 1. The Labute approximate surface area is 228 Å². The zero-order valence-electron chi connectivity index (χ0n) is 22.8. The Bertz CT molecular complexity index is 1150. The number of hydrogen-bond donors (Lipinski definition) is 2. The van der Waals surface area contributed by atoms with Gasteiger partial charge in [-0.2, -0.15) is 4.98 Å². The normalized spacial score (nSPS) is 15.6. The molecule has 0 atom stereocenters. The van der Waals surface area contributed by atoms with Crippen LogP contribution < -0.4 is 19.9 Å². The van der Waals surface area contributed by atoms with Crippen molar-refractivity contribution in [2.24, 2.45) is 0 Å². The summed E-state index contributed by atoms with van der Waals surface area (Å²) in [7, 11) is 1.36. The van der Waals surface area contributed by atoms with E-state index in [-0.39, 0.29) is 29.0 Å². The molecule has 2 aromatic rings. The Balaban J connectivity index is 1.46. The highest BCUT2D eigenvalue weighted by molar-refractivity contribution is 6.35. The largest absolute Gasteiger partial charge is 0.505 e. The van der Waals surface area contributed by atoms with Crippen LogP contribution in [-0.4, -0.2) is 64.3 Å². The lowest BCUT2D eigenvalue weighted by atomic mass is 10.1. The van der Waals surface area contributed by atoms with Gasteiger partial charge in [0.15, 0.2) is 11.6 Å². The average molecular weight is 549 g/mol. The van der Waals surface area contributed by atoms with Crippen LogP contribution in [-0.2, 0) is 6.54 Å². The first-order chi connectivity index (χ1) is 18.1. The van der Waals surface area contributed by atoms with Crippen molar-refractivity contribution in [1.29, 1.82) is 0 Å². The second kappa shape index (κ2) is 11.9. The van der Waals surface area contributed by atoms with Gasteiger partial charge >= 0.3 is 6.03 Å². The van der Waals surface area contributed by atoms with Crippen LogP contribution in [0.5, 0.6) is 11.5 Å². The van der Waals surface area contributed by atoms with Crippen molar-refractivity contribution in [3.8, 4) is 11.5 Å². The number of hydrogen-bond acceptors (Lipinski definition) is 7. The molecule has 1 aromatic heterocycles. The van der Waals surface area contributed by atoms with Crippen LogP contribution in [0.4, 0.5) is 26.6 Å². The maximum Gasteiger partial charge on any atom is 0.330 e. The predicted octanol–water partition coefficient (Wildman–Crippen LogP) is 5.79. The number of nitrogens with zero attached hydrogens (tertiary/aromatic N) is 5. The molecule has 2 aliphatic rings. The summed E-state index contributed by atoms with van der Waals surface area (Å²) in [5.74, 6) is -0.555. The van der Waals surface area contributed by atoms with Crippen molar-refractivity contribution in [2.45, 2.75) is 84.5 Å². The van der Waals surface area contributed by atoms with Gasteiger partial charge in [-0.1, -0.05) is 18.0 Å². The molecule has 1 saturated carbocycles. The van der Waals surface area contributed by atoms with Gasteiger partial charge in [0.25, 0.3) is 0 Å². The number of urea groups is 1. The number of carbonyl (C=O) groups excluding carboxylic acids is 1. The molecule has 9 nitrogen and oxygen atoms in total. The number of halogens is 2. The van der Waals surface area contributed by atoms with Crippen molar-refractivity contribution in [3.05, 3.63) is 28.7 Å². The molecule has 11 heteroatoms. The molecular formula is C27H38ClFN6O3. The standard InChI is InChI=1S/C27H38ClFN6O3/c1-16(2)33(17(3)4)12-8-6-7-11-30-26-31-14-18-15-34(27(37)35(19-9-10-19)25(18)32-26)24-22(28)21(38-5)13-20(36)23(24)29/h13-14,16-17,19,36H,6-12,15H2,1-5H3,(H,30,31,32). The lowest BCUT2D eigenvalue weighted by Gasteiger charge is -2.36. The van der Waals surface area contributed by atoms with Gasteiger partial charge in [-0.15, -0.1) is 0 Å². The first-order valence-electron chi connectivity index (χ1n) is 13.3. The molecule has 4 rings (SSSR count). The number of amides is 2. The van der Waals surface area contributed by atoms with Crippen molar-refractivity contribution in [2.75, 3.05) is 35.3 Å². The average Bonchev–Trinajstić information content (AvgIpc) is 3.70. The van der Waals surface area contributed by atoms with Crippen LogP contribution in [0.3, 0.4) is 0 Å². The number of methoxy groups -OCH3 is 1. The number of rotatable bonds is 12. The van der Waals surface area contributed by atoms with Gasteiger partial charge in [-0.05, 0) is 59.9 Å². The fraction of sp³-hybridized carbons (Fsp3) is 0.593. The summed E-state index contributed by atoms with van der Waals surface area (Å²) in [5, 5.41) is 13.3. The van der Waals surface area contributed by atoms with Gasteiger partial charge in [0, 0.05) is 42.5 Å². The van der Waals surface area contributed by atoms with E-state index in [2.05, 4.69) is 47.9 Å². The fourth-order valence-corrected chi connectivity index (χ4v) is 5.29. The summed E-state index contributed by atoms with van der Waals surface area (Å²) in [6, 6.07) is 1.68. The molecule has 1 aliphatic heterocycles. The van der Waals surface area contributed by atoms with Crippen molar-refractivity contribution in [1.82, 2.24) is 14.9 Å². The zero-order chi connectivity index (χ0) is 27.6. The highest BCUT2D eigenvalue weighted by Crippen LogP contribution is 2.45. The number of aromatic nitrogens is 2. The van der Waals surface area contributed by atoms with Crippen LogP contribution in [0, 0.1) is 5.82 Å². The lowest BCUT2D eigenvalue weighted by Crippen LogP contribution is -2.49. The first-order valence-corrected chi connectivity index (χ1v) is 13.7. The zero-order valence-corrected chi connectivity index (χ0v) is 23.6. The minimum Gasteiger partial charge on any atom is -0.505 e. The van der Waals surface area contributed by atoms with E-state index in [1.807, 2.05) is 0 Å². The molecule has 1 aliphatic carbocycles. The molecule has 0 bridgehead atoms. The van der Waals surface area contributed by atoms with Crippen LogP contribution >= 0.6 is 11.6 Å². The SMILES string of the molecule is COc1cc(O)c(F)c(N2Cc3cnc(NCCCCCN(C(C)C)C(C)C)nc3N(C3CC3)C2=O)c1Cl. The van der Waals surface area contributed by atoms with E-state index in [1.165, 1.54) is 12.0 Å². The van der Waals surface area contributed by atoms with Gasteiger partial charge in [-0.3, -0.25) is 14.7 Å². The fourth-order valence-electron chi connectivity index (χ4n) is 4.98. The second-order valence-corrected chi connectivity index (χ2v) is 10.9. The Kier molecular flexibility index (Phi) is 8.82. The minimum atomic E-state index is -0.979. The molecule has 2 amide bonds. The summed E-state index contributed by atoms with van der Waals surface area (Å²) in [4.78, 5) is 28.0. The molecule has 0 unspecified atom stereocenters. The van der Waals surface area contributed by atoms with E-state index >= 15 is 4.39 Å². The number of unbranched alkanes of at least 4 members (excludes halogenated alkanes) is 2. The van der Waals surface area contributed by atoms with Crippen LogP contribution in [0.25, 0.3) is 0 Å². The van der Waals surface area contributed by atoms with Crippen molar-refractivity contribution >= 4 is 35.1 Å². The summed E-state index contributed by atoms with van der Waals surface area (Å²) < 4.78 is 20.2. The molecule has 2 N–H and O–H groups in total. The van der Waals surface area contributed by atoms with Crippen LogP contribution in [0.2, 0.25) is 5.02 Å². The molecule has 2 heterocycles. The van der Waals surface area contributed by atoms with Crippen LogP contribution in [0.1, 0.15) is 65.4 Å². The highest BCUT2D eigenvalue weighted by Gasteiger charge is 2.43. The monoisotopic (exact) mass is 548 g/mol. The molecular weight excluding hydrogens is 511 g/mol. The Morgan fingerprint density at radius 3 is 2.58 bits per heavy atom. The highest BCUT2D eigenvalue weighted by atomic mass is 35.5. The maximum atomic E-state index is 15.0. The second-order valence-electron chi connectivity index (χ2n) is 10.5. The summed E-state index contributed by atoms with van der Waals surface area (Å²) >= 11 is 6.39. The summed E-state index contributed by atoms with van der Waals surface area (Å²) in [6.45, 7) is 10.8. The number of carbonyl (C=O) groups is 1. The lowest BCUT2D eigenvalue weighted by molar-refractivity contribution is 0.171. The molecule has 0 saturated heterocycles. The Hall–Kier alpha value is -2.85.